The van der Waals surface area contributed by atoms with Crippen LogP contribution in [0.25, 0.3) is 0 Å². The fraction of sp³-hybridized carbons (Fsp3) is 0.250. The van der Waals surface area contributed by atoms with Gasteiger partial charge in [-0.05, 0) is 19.1 Å². The summed E-state index contributed by atoms with van der Waals surface area (Å²) in [7, 11) is 0. The Hall–Kier alpha value is -1.42. The van der Waals surface area contributed by atoms with Crippen molar-refractivity contribution in [3.63, 3.8) is 0 Å². The summed E-state index contributed by atoms with van der Waals surface area (Å²) in [6.45, 7) is 1.64. The molecule has 1 rings (SSSR count). The summed E-state index contributed by atoms with van der Waals surface area (Å²) >= 11 is 0. The fourth-order valence-corrected chi connectivity index (χ4v) is 0.691. The van der Waals surface area contributed by atoms with Gasteiger partial charge < -0.3 is 11.1 Å². The van der Waals surface area contributed by atoms with Gasteiger partial charge in [-0.2, -0.15) is 0 Å². The second-order valence-electron chi connectivity index (χ2n) is 2.51. The number of hydrogen-bond acceptors (Lipinski definition) is 3. The molecule has 0 saturated carbocycles. The van der Waals surface area contributed by atoms with Gasteiger partial charge in [-0.15, -0.1) is 0 Å². The molecule has 1 heterocycles. The highest BCUT2D eigenvalue weighted by Gasteiger charge is 2.05. The van der Waals surface area contributed by atoms with Crippen LogP contribution in [0, 0.1) is 0 Å². The average molecular weight is 165 g/mol. The highest BCUT2D eigenvalue weighted by atomic mass is 16.2. The Labute approximate surface area is 70.8 Å². The molecule has 3 N–H and O–H groups in total. The van der Waals surface area contributed by atoms with Gasteiger partial charge in [0.25, 0.3) is 0 Å². The van der Waals surface area contributed by atoms with Gasteiger partial charge in [0.1, 0.15) is 0 Å². The van der Waals surface area contributed by atoms with E-state index < -0.39 is 6.04 Å². The molecule has 0 fully saturated rings. The first kappa shape index (κ1) is 8.67. The lowest BCUT2D eigenvalue weighted by atomic mass is 10.3. The molecule has 0 bridgehead atoms. The summed E-state index contributed by atoms with van der Waals surface area (Å²) in [6, 6.07) is 2.93. The van der Waals surface area contributed by atoms with Crippen LogP contribution >= 0.6 is 0 Å². The number of anilines is 1. The predicted octanol–water partition coefficient (Wildman–Crippen LogP) is 0.367. The minimum absolute atomic E-state index is 0.193. The SMILES string of the molecule is C[C@H](N)C(=O)Nc1ccncc1. The average Bonchev–Trinajstić information content (AvgIpc) is 2.06. The number of rotatable bonds is 2. The van der Waals surface area contributed by atoms with Crippen LogP contribution in [0.15, 0.2) is 24.5 Å². The molecule has 1 aromatic rings. The Bertz CT molecular complexity index is 258. The Morgan fingerprint density at radius 3 is 2.67 bits per heavy atom. The van der Waals surface area contributed by atoms with Gasteiger partial charge in [0.05, 0.1) is 6.04 Å². The van der Waals surface area contributed by atoms with E-state index in [1.165, 1.54) is 0 Å². The number of nitrogens with two attached hydrogens (primary N) is 1. The van der Waals surface area contributed by atoms with Gasteiger partial charge in [0.15, 0.2) is 0 Å². The largest absolute Gasteiger partial charge is 0.325 e. The van der Waals surface area contributed by atoms with Gasteiger partial charge in [-0.3, -0.25) is 9.78 Å². The zero-order chi connectivity index (χ0) is 8.97. The van der Waals surface area contributed by atoms with E-state index in [0.717, 1.165) is 0 Å². The van der Waals surface area contributed by atoms with Crippen LogP contribution in [0.3, 0.4) is 0 Å². The number of nitrogens with zero attached hydrogens (tertiary/aromatic N) is 1. The third-order valence-electron chi connectivity index (χ3n) is 1.36. The Morgan fingerprint density at radius 2 is 2.17 bits per heavy atom. The first-order valence-corrected chi connectivity index (χ1v) is 3.66. The van der Waals surface area contributed by atoms with Crippen LogP contribution < -0.4 is 11.1 Å². The molecule has 64 valence electrons. The maximum Gasteiger partial charge on any atom is 0.241 e. The molecule has 0 radical (unpaired) electrons. The van der Waals surface area contributed by atoms with E-state index in [-0.39, 0.29) is 5.91 Å². The second-order valence-corrected chi connectivity index (χ2v) is 2.51. The third kappa shape index (κ3) is 2.32. The molecule has 1 amide bonds. The van der Waals surface area contributed by atoms with E-state index in [1.54, 1.807) is 31.5 Å². The van der Waals surface area contributed by atoms with Gasteiger partial charge in [-0.1, -0.05) is 0 Å². The molecule has 0 spiro atoms. The van der Waals surface area contributed by atoms with Crippen molar-refractivity contribution in [3.8, 4) is 0 Å². The maximum absolute atomic E-state index is 11.1. The molecular formula is C8H11N3O. The molecule has 0 aliphatic rings. The molecule has 0 aliphatic carbocycles. The number of aromatic nitrogens is 1. The van der Waals surface area contributed by atoms with Crippen molar-refractivity contribution in [1.82, 2.24) is 4.98 Å². The van der Waals surface area contributed by atoms with E-state index in [2.05, 4.69) is 10.3 Å². The molecule has 0 aliphatic heterocycles. The maximum atomic E-state index is 11.1. The zero-order valence-corrected chi connectivity index (χ0v) is 6.82. The van der Waals surface area contributed by atoms with E-state index >= 15 is 0 Å². The van der Waals surface area contributed by atoms with Crippen molar-refractivity contribution >= 4 is 11.6 Å². The summed E-state index contributed by atoms with van der Waals surface area (Å²) in [5.74, 6) is -0.193. The highest BCUT2D eigenvalue weighted by Crippen LogP contribution is 2.02. The molecule has 1 aromatic heterocycles. The van der Waals surface area contributed by atoms with Crippen LogP contribution in [-0.4, -0.2) is 16.9 Å². The Morgan fingerprint density at radius 1 is 1.58 bits per heavy atom. The van der Waals surface area contributed by atoms with Crippen molar-refractivity contribution in [3.05, 3.63) is 24.5 Å². The van der Waals surface area contributed by atoms with Crippen molar-refractivity contribution < 1.29 is 4.79 Å². The smallest absolute Gasteiger partial charge is 0.241 e. The molecule has 0 unspecified atom stereocenters. The Balaban J connectivity index is 2.59. The van der Waals surface area contributed by atoms with E-state index in [1.807, 2.05) is 0 Å². The molecule has 4 heteroatoms. The Kier molecular flexibility index (Phi) is 2.76. The van der Waals surface area contributed by atoms with Gasteiger partial charge >= 0.3 is 0 Å². The van der Waals surface area contributed by atoms with Gasteiger partial charge in [-0.25, -0.2) is 0 Å². The molecule has 0 aromatic carbocycles. The zero-order valence-electron chi connectivity index (χ0n) is 6.82. The monoisotopic (exact) mass is 165 g/mol. The highest BCUT2D eigenvalue weighted by molar-refractivity contribution is 5.94. The van der Waals surface area contributed by atoms with Crippen molar-refractivity contribution in [2.24, 2.45) is 5.73 Å². The van der Waals surface area contributed by atoms with Crippen LogP contribution in [0.5, 0.6) is 0 Å². The molecule has 0 saturated heterocycles. The number of pyridine rings is 1. The molecule has 1 atom stereocenters. The number of carbonyl (C=O) groups excluding carboxylic acids is 1. The van der Waals surface area contributed by atoms with E-state index in [4.69, 9.17) is 5.73 Å². The van der Waals surface area contributed by atoms with Gasteiger partial charge in [0, 0.05) is 18.1 Å². The number of amides is 1. The summed E-state index contributed by atoms with van der Waals surface area (Å²) < 4.78 is 0. The van der Waals surface area contributed by atoms with E-state index in [0.29, 0.717) is 5.69 Å². The summed E-state index contributed by atoms with van der Waals surface area (Å²) in [6.07, 6.45) is 3.22. The third-order valence-corrected chi connectivity index (χ3v) is 1.36. The van der Waals surface area contributed by atoms with Crippen LogP contribution in [0.1, 0.15) is 6.92 Å². The molecule has 12 heavy (non-hydrogen) atoms. The number of nitrogens with one attached hydrogen (secondary N) is 1. The normalized spacial score (nSPS) is 12.2. The van der Waals surface area contributed by atoms with Crippen molar-refractivity contribution in [1.29, 1.82) is 0 Å². The first-order valence-electron chi connectivity index (χ1n) is 3.66. The summed E-state index contributed by atoms with van der Waals surface area (Å²) in [5, 5.41) is 2.64. The summed E-state index contributed by atoms with van der Waals surface area (Å²) in [4.78, 5) is 14.9. The summed E-state index contributed by atoms with van der Waals surface area (Å²) in [5.41, 5.74) is 6.07. The minimum Gasteiger partial charge on any atom is -0.325 e. The number of carbonyl (C=O) groups is 1. The lowest BCUT2D eigenvalue weighted by Crippen LogP contribution is -2.32. The minimum atomic E-state index is -0.488. The predicted molar refractivity (Wildman–Crippen MR) is 46.5 cm³/mol. The molecule has 4 nitrogen and oxygen atoms in total. The first-order chi connectivity index (χ1) is 5.70. The van der Waals surface area contributed by atoms with Crippen molar-refractivity contribution in [2.45, 2.75) is 13.0 Å². The van der Waals surface area contributed by atoms with Gasteiger partial charge in [0.2, 0.25) is 5.91 Å². The van der Waals surface area contributed by atoms with Crippen molar-refractivity contribution in [2.75, 3.05) is 5.32 Å². The van der Waals surface area contributed by atoms with Crippen LogP contribution in [0.4, 0.5) is 5.69 Å². The topological polar surface area (TPSA) is 68.0 Å². The standard InChI is InChI=1S/C8H11N3O/c1-6(9)8(12)11-7-2-4-10-5-3-7/h2-6H,9H2,1H3,(H,10,11,12)/t6-/m0/s1. The molecular weight excluding hydrogens is 154 g/mol. The number of hydrogen-bond donors (Lipinski definition) is 2. The van der Waals surface area contributed by atoms with E-state index in [9.17, 15) is 4.79 Å². The second kappa shape index (κ2) is 3.82. The quantitative estimate of drug-likeness (QED) is 0.665. The van der Waals surface area contributed by atoms with Crippen LogP contribution in [-0.2, 0) is 4.79 Å². The lowest BCUT2D eigenvalue weighted by Gasteiger charge is -2.06. The fourth-order valence-electron chi connectivity index (χ4n) is 0.691. The lowest BCUT2D eigenvalue weighted by molar-refractivity contribution is -0.117. The van der Waals surface area contributed by atoms with Crippen LogP contribution in [0.2, 0.25) is 0 Å².